The minimum absolute atomic E-state index is 0.0775. The number of aromatic nitrogens is 1. The molecule has 0 bridgehead atoms. The Morgan fingerprint density at radius 2 is 1.85 bits per heavy atom. The number of thiazole rings is 1. The van der Waals surface area contributed by atoms with Gasteiger partial charge in [0.15, 0.2) is 15.0 Å². The molecule has 0 aliphatic carbocycles. The van der Waals surface area contributed by atoms with Crippen molar-refractivity contribution in [1.82, 2.24) is 4.98 Å². The summed E-state index contributed by atoms with van der Waals surface area (Å²) in [7, 11) is -3.52. The van der Waals surface area contributed by atoms with Crippen molar-refractivity contribution in [1.29, 1.82) is 0 Å². The molecule has 0 atom stereocenters. The lowest BCUT2D eigenvalue weighted by Gasteiger charge is -2.06. The van der Waals surface area contributed by atoms with Crippen LogP contribution < -0.4 is 5.32 Å². The fraction of sp³-hybridized carbons (Fsp3) is 0.111. The highest BCUT2D eigenvalue weighted by atomic mass is 35.5. The maximum Gasteiger partial charge on any atom is 0.257 e. The average Bonchev–Trinajstić information content (AvgIpc) is 3.03. The lowest BCUT2D eigenvalue weighted by molar-refractivity contribution is 0.102. The van der Waals surface area contributed by atoms with Gasteiger partial charge in [-0.25, -0.2) is 13.4 Å². The van der Waals surface area contributed by atoms with Crippen LogP contribution in [0.1, 0.15) is 15.9 Å². The molecule has 0 aliphatic rings. The average molecular weight is 407 g/mol. The van der Waals surface area contributed by atoms with E-state index in [-0.39, 0.29) is 15.5 Å². The van der Waals surface area contributed by atoms with Crippen molar-refractivity contribution < 1.29 is 13.2 Å². The number of halogens is 1. The molecule has 1 amide bonds. The third kappa shape index (κ3) is 4.12. The molecule has 5 nitrogen and oxygen atoms in total. The summed E-state index contributed by atoms with van der Waals surface area (Å²) in [6.45, 7) is 2.01. The molecule has 0 saturated carbocycles. The van der Waals surface area contributed by atoms with Crippen molar-refractivity contribution in [2.45, 2.75) is 11.8 Å². The number of rotatable bonds is 4. The van der Waals surface area contributed by atoms with Gasteiger partial charge in [-0.15, -0.1) is 11.3 Å². The van der Waals surface area contributed by atoms with Gasteiger partial charge in [0.2, 0.25) is 0 Å². The predicted octanol–water partition coefficient (Wildman–Crippen LogP) is 4.43. The number of sulfone groups is 1. The van der Waals surface area contributed by atoms with Crippen molar-refractivity contribution >= 4 is 43.8 Å². The first-order chi connectivity index (χ1) is 12.2. The second-order valence-electron chi connectivity index (χ2n) is 5.78. The molecule has 1 aromatic heterocycles. The van der Waals surface area contributed by atoms with Crippen LogP contribution in [0.5, 0.6) is 0 Å². The van der Waals surface area contributed by atoms with Crippen molar-refractivity contribution in [3.63, 3.8) is 0 Å². The highest BCUT2D eigenvalue weighted by Gasteiger charge is 2.17. The van der Waals surface area contributed by atoms with Crippen LogP contribution >= 0.6 is 22.9 Å². The van der Waals surface area contributed by atoms with Crippen molar-refractivity contribution in [3.8, 4) is 11.3 Å². The molecular weight excluding hydrogens is 392 g/mol. The fourth-order valence-electron chi connectivity index (χ4n) is 2.29. The Bertz CT molecular complexity index is 1070. The van der Waals surface area contributed by atoms with Crippen molar-refractivity contribution in [3.05, 3.63) is 64.0 Å². The monoisotopic (exact) mass is 406 g/mol. The second-order valence-corrected chi connectivity index (χ2v) is 9.02. The Balaban J connectivity index is 1.82. The molecule has 8 heteroatoms. The number of hydrogen-bond acceptors (Lipinski definition) is 5. The van der Waals surface area contributed by atoms with E-state index >= 15 is 0 Å². The number of benzene rings is 2. The van der Waals surface area contributed by atoms with Gasteiger partial charge in [-0.05, 0) is 25.1 Å². The van der Waals surface area contributed by atoms with Gasteiger partial charge >= 0.3 is 0 Å². The molecule has 0 radical (unpaired) electrons. The normalized spacial score (nSPS) is 11.3. The number of anilines is 1. The Hall–Kier alpha value is -2.22. The third-order valence-electron chi connectivity index (χ3n) is 3.66. The summed E-state index contributed by atoms with van der Waals surface area (Å²) in [5.41, 5.74) is 3.07. The van der Waals surface area contributed by atoms with Gasteiger partial charge in [0.05, 0.1) is 15.6 Å². The molecule has 0 unspecified atom stereocenters. The summed E-state index contributed by atoms with van der Waals surface area (Å²) in [6.07, 6.45) is 1.05. The summed E-state index contributed by atoms with van der Waals surface area (Å²) < 4.78 is 23.5. The van der Waals surface area contributed by atoms with Crippen molar-refractivity contribution in [2.75, 3.05) is 11.6 Å². The van der Waals surface area contributed by atoms with E-state index in [1.54, 1.807) is 0 Å². The zero-order chi connectivity index (χ0) is 18.9. The van der Waals surface area contributed by atoms with E-state index in [0.717, 1.165) is 23.1 Å². The molecule has 134 valence electrons. The van der Waals surface area contributed by atoms with Gasteiger partial charge < -0.3 is 0 Å². The molecule has 1 heterocycles. The molecule has 2 aromatic carbocycles. The van der Waals surface area contributed by atoms with Crippen LogP contribution in [0.15, 0.2) is 52.7 Å². The molecule has 1 N–H and O–H groups in total. The number of carbonyl (C=O) groups is 1. The third-order valence-corrected chi connectivity index (χ3v) is 6.00. The standard InChI is InChI=1S/C18H15ClN2O3S2/c1-11-3-5-12(6-4-11)15-10-25-18(20-15)21-17(22)13-7-8-14(19)16(9-13)26(2,23)24/h3-10H,1-2H3,(H,20,21,22). The maximum atomic E-state index is 12.4. The highest BCUT2D eigenvalue weighted by molar-refractivity contribution is 7.90. The summed E-state index contributed by atoms with van der Waals surface area (Å²) in [4.78, 5) is 16.7. The maximum absolute atomic E-state index is 12.4. The molecule has 0 fully saturated rings. The molecule has 26 heavy (non-hydrogen) atoms. The number of nitrogens with one attached hydrogen (secondary N) is 1. The minimum atomic E-state index is -3.52. The minimum Gasteiger partial charge on any atom is -0.298 e. The van der Waals surface area contributed by atoms with Gasteiger partial charge in [-0.2, -0.15) is 0 Å². The molecule has 3 aromatic rings. The first-order valence-corrected chi connectivity index (χ1v) is 10.7. The zero-order valence-corrected chi connectivity index (χ0v) is 16.4. The highest BCUT2D eigenvalue weighted by Crippen LogP contribution is 2.26. The van der Waals surface area contributed by atoms with Crippen LogP contribution in [-0.2, 0) is 9.84 Å². The van der Waals surface area contributed by atoms with Crippen LogP contribution in [-0.4, -0.2) is 25.6 Å². The van der Waals surface area contributed by atoms with Gasteiger partial charge in [-0.3, -0.25) is 10.1 Å². The molecular formula is C18H15ClN2O3S2. The summed E-state index contributed by atoms with van der Waals surface area (Å²) >= 11 is 7.20. The summed E-state index contributed by atoms with van der Waals surface area (Å²) in [5.74, 6) is -0.448. The quantitative estimate of drug-likeness (QED) is 0.695. The first-order valence-electron chi connectivity index (χ1n) is 7.57. The van der Waals surface area contributed by atoms with E-state index in [4.69, 9.17) is 11.6 Å². The van der Waals surface area contributed by atoms with E-state index in [1.807, 2.05) is 36.6 Å². The van der Waals surface area contributed by atoms with Gasteiger partial charge in [0.25, 0.3) is 5.91 Å². The molecule has 0 spiro atoms. The first kappa shape index (κ1) is 18.6. The second kappa shape index (κ2) is 7.19. The fourth-order valence-corrected chi connectivity index (χ4v) is 4.30. The van der Waals surface area contributed by atoms with E-state index in [2.05, 4.69) is 10.3 Å². The number of hydrogen-bond donors (Lipinski definition) is 1. The van der Waals surface area contributed by atoms with E-state index in [0.29, 0.717) is 5.13 Å². The van der Waals surface area contributed by atoms with E-state index in [9.17, 15) is 13.2 Å². The number of carbonyl (C=O) groups excluding carboxylic acids is 1. The van der Waals surface area contributed by atoms with Crippen LogP contribution in [0.3, 0.4) is 0 Å². The summed E-state index contributed by atoms with van der Waals surface area (Å²) in [6, 6.07) is 12.1. The lowest BCUT2D eigenvalue weighted by Crippen LogP contribution is -2.12. The smallest absolute Gasteiger partial charge is 0.257 e. The van der Waals surface area contributed by atoms with Crippen LogP contribution in [0, 0.1) is 6.92 Å². The lowest BCUT2D eigenvalue weighted by atomic mass is 10.1. The van der Waals surface area contributed by atoms with Crippen LogP contribution in [0.25, 0.3) is 11.3 Å². The van der Waals surface area contributed by atoms with Crippen LogP contribution in [0.4, 0.5) is 5.13 Å². The molecule has 3 rings (SSSR count). The number of nitrogens with zero attached hydrogens (tertiary/aromatic N) is 1. The van der Waals surface area contributed by atoms with E-state index in [1.165, 1.54) is 29.5 Å². The SMILES string of the molecule is Cc1ccc(-c2csc(NC(=O)c3ccc(Cl)c(S(C)(=O)=O)c3)n2)cc1. The largest absolute Gasteiger partial charge is 0.298 e. The topological polar surface area (TPSA) is 76.1 Å². The Labute approximate surface area is 160 Å². The molecule has 0 saturated heterocycles. The number of aryl methyl sites for hydroxylation is 1. The van der Waals surface area contributed by atoms with Crippen molar-refractivity contribution in [2.24, 2.45) is 0 Å². The summed E-state index contributed by atoms with van der Waals surface area (Å²) in [5, 5.41) is 5.05. The van der Waals surface area contributed by atoms with Gasteiger partial charge in [0, 0.05) is 22.8 Å². The Morgan fingerprint density at radius 3 is 2.50 bits per heavy atom. The van der Waals surface area contributed by atoms with Gasteiger partial charge in [-0.1, -0.05) is 41.4 Å². The zero-order valence-electron chi connectivity index (χ0n) is 14.0. The van der Waals surface area contributed by atoms with Gasteiger partial charge in [0.1, 0.15) is 0 Å². The Kier molecular flexibility index (Phi) is 5.13. The number of amides is 1. The van der Waals surface area contributed by atoms with E-state index < -0.39 is 15.7 Å². The Morgan fingerprint density at radius 1 is 1.15 bits per heavy atom. The predicted molar refractivity (Wildman–Crippen MR) is 105 cm³/mol. The molecule has 0 aliphatic heterocycles. The van der Waals surface area contributed by atoms with Crippen LogP contribution in [0.2, 0.25) is 5.02 Å².